The predicted molar refractivity (Wildman–Crippen MR) is 86.1 cm³/mol. The maximum Gasteiger partial charge on any atom is 0.0998 e. The average Bonchev–Trinajstić information content (AvgIpc) is 2.43. The van der Waals surface area contributed by atoms with Crippen molar-refractivity contribution >= 4 is 46.5 Å². The molecule has 0 fully saturated rings. The van der Waals surface area contributed by atoms with Gasteiger partial charge in [-0.05, 0) is 47.9 Å². The molecule has 0 unspecified atom stereocenters. The first-order chi connectivity index (χ1) is 9.52. The molecule has 100 valence electrons. The van der Waals surface area contributed by atoms with Crippen LogP contribution in [-0.2, 0) is 0 Å². The Kier molecular flexibility index (Phi) is 4.73. The van der Waals surface area contributed by atoms with Gasteiger partial charge in [0.15, 0.2) is 0 Å². The molecule has 4 heteroatoms. The van der Waals surface area contributed by atoms with Crippen LogP contribution in [0.5, 0.6) is 0 Å². The van der Waals surface area contributed by atoms with Crippen LogP contribution in [0, 0.1) is 18.3 Å². The van der Waals surface area contributed by atoms with Crippen molar-refractivity contribution in [1.29, 1.82) is 5.26 Å². The van der Waals surface area contributed by atoms with Crippen LogP contribution in [0.2, 0.25) is 15.1 Å². The number of nitrogens with zero attached hydrogens (tertiary/aromatic N) is 1. The number of allylic oxidation sites excluding steroid dienone is 1. The fourth-order valence-electron chi connectivity index (χ4n) is 1.84. The minimum Gasteiger partial charge on any atom is -0.192 e. The first-order valence-corrected chi connectivity index (χ1v) is 6.98. The van der Waals surface area contributed by atoms with Gasteiger partial charge in [-0.3, -0.25) is 0 Å². The van der Waals surface area contributed by atoms with Gasteiger partial charge >= 0.3 is 0 Å². The van der Waals surface area contributed by atoms with E-state index < -0.39 is 0 Å². The molecule has 0 atom stereocenters. The summed E-state index contributed by atoms with van der Waals surface area (Å²) < 4.78 is 0. The second-order valence-corrected chi connectivity index (χ2v) is 5.48. The topological polar surface area (TPSA) is 23.8 Å². The van der Waals surface area contributed by atoms with Crippen molar-refractivity contribution in [3.8, 4) is 6.07 Å². The molecule has 0 saturated heterocycles. The Hall–Kier alpha value is -1.46. The van der Waals surface area contributed by atoms with Crippen molar-refractivity contribution < 1.29 is 0 Å². The molecule has 0 saturated carbocycles. The van der Waals surface area contributed by atoms with E-state index in [4.69, 9.17) is 34.8 Å². The lowest BCUT2D eigenvalue weighted by Crippen LogP contribution is -1.88. The first kappa shape index (κ1) is 14.9. The van der Waals surface area contributed by atoms with E-state index in [-0.39, 0.29) is 0 Å². The van der Waals surface area contributed by atoms with Crippen molar-refractivity contribution in [2.75, 3.05) is 0 Å². The molecule has 2 rings (SSSR count). The van der Waals surface area contributed by atoms with Crippen LogP contribution in [0.3, 0.4) is 0 Å². The van der Waals surface area contributed by atoms with E-state index in [2.05, 4.69) is 6.07 Å². The van der Waals surface area contributed by atoms with Gasteiger partial charge in [0.05, 0.1) is 21.7 Å². The molecule has 2 aromatic rings. The molecule has 0 aliphatic carbocycles. The van der Waals surface area contributed by atoms with Crippen LogP contribution in [0.15, 0.2) is 36.4 Å². The van der Waals surface area contributed by atoms with E-state index in [9.17, 15) is 5.26 Å². The Bertz CT molecular complexity index is 727. The third kappa shape index (κ3) is 3.16. The summed E-state index contributed by atoms with van der Waals surface area (Å²) >= 11 is 17.9. The highest BCUT2D eigenvalue weighted by Crippen LogP contribution is 2.28. The summed E-state index contributed by atoms with van der Waals surface area (Å²) in [5.74, 6) is 0. The largest absolute Gasteiger partial charge is 0.192 e. The predicted octanol–water partition coefficient (Wildman–Crippen LogP) is 6.02. The SMILES string of the molecule is Cc1c(Cl)cccc1C(C#N)=Cc1ccc(Cl)c(Cl)c1. The van der Waals surface area contributed by atoms with Gasteiger partial charge in [0.25, 0.3) is 0 Å². The molecule has 0 aliphatic heterocycles. The van der Waals surface area contributed by atoms with Crippen molar-refractivity contribution in [3.63, 3.8) is 0 Å². The fraction of sp³-hybridized carbons (Fsp3) is 0.0625. The number of hydrogen-bond acceptors (Lipinski definition) is 1. The second-order valence-electron chi connectivity index (χ2n) is 4.26. The van der Waals surface area contributed by atoms with Gasteiger partial charge in [-0.15, -0.1) is 0 Å². The van der Waals surface area contributed by atoms with Crippen LogP contribution < -0.4 is 0 Å². The van der Waals surface area contributed by atoms with Crippen molar-refractivity contribution in [2.24, 2.45) is 0 Å². The number of hydrogen-bond donors (Lipinski definition) is 0. The quantitative estimate of drug-likeness (QED) is 0.490. The van der Waals surface area contributed by atoms with Crippen molar-refractivity contribution in [3.05, 3.63) is 68.2 Å². The molecule has 0 spiro atoms. The zero-order valence-corrected chi connectivity index (χ0v) is 12.9. The fourth-order valence-corrected chi connectivity index (χ4v) is 2.32. The lowest BCUT2D eigenvalue weighted by atomic mass is 9.99. The van der Waals surface area contributed by atoms with Gasteiger partial charge in [0.2, 0.25) is 0 Å². The van der Waals surface area contributed by atoms with Crippen LogP contribution >= 0.6 is 34.8 Å². The van der Waals surface area contributed by atoms with Gasteiger partial charge in [-0.2, -0.15) is 5.26 Å². The summed E-state index contributed by atoms with van der Waals surface area (Å²) in [5.41, 5.74) is 3.03. The maximum absolute atomic E-state index is 9.36. The number of benzene rings is 2. The van der Waals surface area contributed by atoms with E-state index in [0.29, 0.717) is 20.6 Å². The number of nitriles is 1. The standard InChI is InChI=1S/C16H10Cl3N/c1-10-13(3-2-4-14(10)17)12(9-20)7-11-5-6-15(18)16(19)8-11/h2-8H,1H3. The minimum atomic E-state index is 0.459. The highest BCUT2D eigenvalue weighted by atomic mass is 35.5. The Morgan fingerprint density at radius 1 is 1.05 bits per heavy atom. The summed E-state index contributed by atoms with van der Waals surface area (Å²) in [6.45, 7) is 1.89. The summed E-state index contributed by atoms with van der Waals surface area (Å²) in [6.07, 6.45) is 1.76. The third-order valence-corrected chi connectivity index (χ3v) is 4.08. The molecule has 0 amide bonds. The average molecular weight is 323 g/mol. The van der Waals surface area contributed by atoms with Gasteiger partial charge in [0.1, 0.15) is 0 Å². The molecule has 2 aromatic carbocycles. The first-order valence-electron chi connectivity index (χ1n) is 5.85. The summed E-state index contributed by atoms with van der Waals surface area (Å²) in [6, 6.07) is 12.9. The van der Waals surface area contributed by atoms with Crippen molar-refractivity contribution in [2.45, 2.75) is 6.92 Å². The maximum atomic E-state index is 9.36. The molecule has 1 nitrogen and oxygen atoms in total. The summed E-state index contributed by atoms with van der Waals surface area (Å²) in [5, 5.41) is 10.9. The second kappa shape index (κ2) is 6.33. The lowest BCUT2D eigenvalue weighted by molar-refractivity contribution is 1.42. The van der Waals surface area contributed by atoms with Gasteiger partial charge in [-0.1, -0.05) is 53.0 Å². The Balaban J connectivity index is 2.52. The zero-order valence-electron chi connectivity index (χ0n) is 10.6. The highest BCUT2D eigenvalue weighted by molar-refractivity contribution is 6.42. The molecular formula is C16H10Cl3N. The smallest absolute Gasteiger partial charge is 0.0998 e. The minimum absolute atomic E-state index is 0.459. The molecule has 0 heterocycles. The van der Waals surface area contributed by atoms with Gasteiger partial charge < -0.3 is 0 Å². The van der Waals surface area contributed by atoms with Crippen LogP contribution in [0.25, 0.3) is 11.6 Å². The van der Waals surface area contributed by atoms with E-state index in [0.717, 1.165) is 16.7 Å². The Morgan fingerprint density at radius 3 is 2.45 bits per heavy atom. The molecule has 0 radical (unpaired) electrons. The van der Waals surface area contributed by atoms with Crippen molar-refractivity contribution in [1.82, 2.24) is 0 Å². The Labute approximate surface area is 133 Å². The lowest BCUT2D eigenvalue weighted by Gasteiger charge is -2.06. The van der Waals surface area contributed by atoms with E-state index in [1.165, 1.54) is 0 Å². The number of halogens is 3. The van der Waals surface area contributed by atoms with E-state index in [1.54, 1.807) is 24.3 Å². The van der Waals surface area contributed by atoms with Crippen LogP contribution in [0.4, 0.5) is 0 Å². The van der Waals surface area contributed by atoms with Gasteiger partial charge in [0, 0.05) is 5.02 Å². The molecule has 20 heavy (non-hydrogen) atoms. The zero-order chi connectivity index (χ0) is 14.7. The summed E-state index contributed by atoms with van der Waals surface area (Å²) in [7, 11) is 0. The van der Waals surface area contributed by atoms with Crippen LogP contribution in [-0.4, -0.2) is 0 Å². The third-order valence-electron chi connectivity index (χ3n) is 2.93. The highest BCUT2D eigenvalue weighted by Gasteiger charge is 2.08. The molecule has 0 N–H and O–H groups in total. The molecular weight excluding hydrogens is 313 g/mol. The molecule has 0 aliphatic rings. The van der Waals surface area contributed by atoms with Crippen LogP contribution in [0.1, 0.15) is 16.7 Å². The van der Waals surface area contributed by atoms with E-state index in [1.807, 2.05) is 25.1 Å². The molecule has 0 aromatic heterocycles. The number of rotatable bonds is 2. The van der Waals surface area contributed by atoms with E-state index >= 15 is 0 Å². The normalized spacial score (nSPS) is 11.2. The Morgan fingerprint density at radius 2 is 1.80 bits per heavy atom. The van der Waals surface area contributed by atoms with Gasteiger partial charge in [-0.25, -0.2) is 0 Å². The molecule has 0 bridgehead atoms. The monoisotopic (exact) mass is 321 g/mol. The summed E-state index contributed by atoms with van der Waals surface area (Å²) in [4.78, 5) is 0.